The number of carbonyl (C=O) groups excluding carboxylic acids is 4. The van der Waals surface area contributed by atoms with Crippen molar-refractivity contribution in [3.05, 3.63) is 108 Å². The Labute approximate surface area is 276 Å². The number of hydrogen-bond donors (Lipinski definition) is 2. The lowest BCUT2D eigenvalue weighted by molar-refractivity contribution is -0.359. The van der Waals surface area contributed by atoms with Gasteiger partial charge in [-0.15, -0.1) is 0 Å². The molecule has 0 aromatic heterocycles. The van der Waals surface area contributed by atoms with Crippen molar-refractivity contribution in [3.63, 3.8) is 0 Å². The third-order valence-corrected chi connectivity index (χ3v) is 7.30. The minimum Gasteiger partial charge on any atom is -0.454 e. The highest BCUT2D eigenvalue weighted by atomic mass is 16.8. The van der Waals surface area contributed by atoms with Crippen LogP contribution in [0.2, 0.25) is 0 Å². The van der Waals surface area contributed by atoms with Gasteiger partial charge in [0.05, 0.1) is 6.61 Å². The quantitative estimate of drug-likeness (QED) is 0.215. The van der Waals surface area contributed by atoms with Crippen LogP contribution in [-0.2, 0) is 60.7 Å². The van der Waals surface area contributed by atoms with Crippen molar-refractivity contribution in [1.82, 2.24) is 10.6 Å². The van der Waals surface area contributed by atoms with Crippen molar-refractivity contribution < 1.29 is 57.1 Å². The number of alkyl carbamates (subject to hydrolysis) is 2. The lowest BCUT2D eigenvalue weighted by Gasteiger charge is -2.47. The van der Waals surface area contributed by atoms with Crippen LogP contribution in [0, 0.1) is 0 Å². The molecule has 0 radical (unpaired) electrons. The Bertz CT molecular complexity index is 1490. The number of benzene rings is 3. The molecule has 2 heterocycles. The molecule has 0 unspecified atom stereocenters. The van der Waals surface area contributed by atoms with Crippen molar-refractivity contribution in [2.45, 2.75) is 50.2 Å². The highest BCUT2D eigenvalue weighted by Crippen LogP contribution is 2.36. The molecule has 2 N–H and O–H groups in total. The van der Waals surface area contributed by atoms with E-state index in [0.717, 1.165) is 11.1 Å². The van der Waals surface area contributed by atoms with Crippen LogP contribution < -0.4 is 10.6 Å². The number of ether oxygens (including phenoxy) is 8. The van der Waals surface area contributed by atoms with E-state index in [1.165, 1.54) is 7.11 Å². The van der Waals surface area contributed by atoms with E-state index >= 15 is 0 Å². The molecular formula is C34H36N2O12. The van der Waals surface area contributed by atoms with E-state index in [1.54, 1.807) is 60.7 Å². The summed E-state index contributed by atoms with van der Waals surface area (Å²) in [5.74, 6) is -1.77. The fourth-order valence-electron chi connectivity index (χ4n) is 5.00. The van der Waals surface area contributed by atoms with Gasteiger partial charge < -0.3 is 48.5 Å². The molecule has 14 nitrogen and oxygen atoms in total. The normalized spacial score (nSPS) is 23.1. The van der Waals surface area contributed by atoms with Gasteiger partial charge in [-0.05, 0) is 11.1 Å². The Morgan fingerprint density at radius 2 is 1.19 bits per heavy atom. The fraction of sp³-hybridized carbons (Fsp3) is 0.353. The molecule has 0 bridgehead atoms. The third-order valence-electron chi connectivity index (χ3n) is 7.30. The van der Waals surface area contributed by atoms with Gasteiger partial charge in [-0.1, -0.05) is 91.0 Å². The molecule has 2 saturated heterocycles. The lowest BCUT2D eigenvalue weighted by atomic mass is 9.97. The molecule has 2 amide bonds. The van der Waals surface area contributed by atoms with Crippen molar-refractivity contribution in [1.29, 1.82) is 0 Å². The zero-order valence-electron chi connectivity index (χ0n) is 26.1. The SMILES string of the molecule is CO[C@@H]1O[C@H]2CO[C@H](c3ccccc3)O[C@@H]2[C@@H](OC(=O)CNC(=O)OCc2ccccc2)[C@@H]1OC(=O)CNC(=O)OCc1ccccc1. The van der Waals surface area contributed by atoms with Gasteiger partial charge in [-0.3, -0.25) is 9.59 Å². The molecule has 2 aliphatic heterocycles. The molecule has 0 spiro atoms. The first kappa shape index (κ1) is 34.3. The maximum atomic E-state index is 13.1. The fourth-order valence-corrected chi connectivity index (χ4v) is 5.00. The third kappa shape index (κ3) is 9.75. The summed E-state index contributed by atoms with van der Waals surface area (Å²) in [4.78, 5) is 50.5. The van der Waals surface area contributed by atoms with Gasteiger partial charge in [0.1, 0.15) is 38.5 Å². The van der Waals surface area contributed by atoms with Crippen molar-refractivity contribution >= 4 is 24.1 Å². The van der Waals surface area contributed by atoms with E-state index in [9.17, 15) is 19.2 Å². The van der Waals surface area contributed by atoms with E-state index in [-0.39, 0.29) is 19.8 Å². The summed E-state index contributed by atoms with van der Waals surface area (Å²) in [6, 6.07) is 27.1. The smallest absolute Gasteiger partial charge is 0.407 e. The van der Waals surface area contributed by atoms with Crippen LogP contribution in [0.15, 0.2) is 91.0 Å². The molecule has 254 valence electrons. The predicted molar refractivity (Wildman–Crippen MR) is 165 cm³/mol. The maximum absolute atomic E-state index is 13.1. The number of esters is 2. The second-order valence-electron chi connectivity index (χ2n) is 10.7. The highest BCUT2D eigenvalue weighted by molar-refractivity contribution is 5.79. The second-order valence-corrected chi connectivity index (χ2v) is 10.7. The average Bonchev–Trinajstić information content (AvgIpc) is 3.13. The van der Waals surface area contributed by atoms with Crippen molar-refractivity contribution in [2.24, 2.45) is 0 Å². The number of carbonyl (C=O) groups is 4. The first-order valence-corrected chi connectivity index (χ1v) is 15.2. The van der Waals surface area contributed by atoms with Crippen molar-refractivity contribution in [2.75, 3.05) is 26.8 Å². The van der Waals surface area contributed by atoms with Crippen LogP contribution in [0.3, 0.4) is 0 Å². The number of nitrogens with one attached hydrogen (secondary N) is 2. The van der Waals surface area contributed by atoms with Crippen molar-refractivity contribution in [3.8, 4) is 0 Å². The van der Waals surface area contributed by atoms with Crippen LogP contribution in [0.25, 0.3) is 0 Å². The summed E-state index contributed by atoms with van der Waals surface area (Å²) in [7, 11) is 1.32. The molecule has 3 aromatic rings. The van der Waals surface area contributed by atoms with Crippen LogP contribution >= 0.6 is 0 Å². The van der Waals surface area contributed by atoms with Gasteiger partial charge in [0.15, 0.2) is 24.8 Å². The van der Waals surface area contributed by atoms with Gasteiger partial charge >= 0.3 is 24.1 Å². The Kier molecular flexibility index (Phi) is 12.3. The topological polar surface area (TPSA) is 166 Å². The number of fused-ring (bicyclic) bond motifs is 1. The molecule has 2 fully saturated rings. The van der Waals surface area contributed by atoms with E-state index in [1.807, 2.05) is 30.3 Å². The molecule has 14 heteroatoms. The Hall–Kier alpha value is -5.02. The molecule has 0 saturated carbocycles. The minimum absolute atomic E-state index is 0.000847. The first-order valence-electron chi connectivity index (χ1n) is 15.2. The van der Waals surface area contributed by atoms with E-state index in [0.29, 0.717) is 5.56 Å². The van der Waals surface area contributed by atoms with Crippen LogP contribution in [-0.4, -0.2) is 81.6 Å². The summed E-state index contributed by atoms with van der Waals surface area (Å²) < 4.78 is 45.3. The zero-order chi connectivity index (χ0) is 33.7. The van der Waals surface area contributed by atoms with Gasteiger partial charge in [0.25, 0.3) is 0 Å². The zero-order valence-corrected chi connectivity index (χ0v) is 26.1. The number of rotatable bonds is 12. The molecule has 48 heavy (non-hydrogen) atoms. The number of methoxy groups -OCH3 is 1. The molecule has 2 aliphatic rings. The summed E-state index contributed by atoms with van der Waals surface area (Å²) in [6.45, 7) is -1.09. The summed E-state index contributed by atoms with van der Waals surface area (Å²) in [5.41, 5.74) is 2.23. The van der Waals surface area contributed by atoms with Crippen LogP contribution in [0.4, 0.5) is 9.59 Å². The molecule has 6 atom stereocenters. The van der Waals surface area contributed by atoms with Gasteiger partial charge in [0, 0.05) is 12.7 Å². The Balaban J connectivity index is 1.23. The van der Waals surface area contributed by atoms with Crippen LogP contribution in [0.1, 0.15) is 23.0 Å². The molecule has 3 aromatic carbocycles. The first-order chi connectivity index (χ1) is 23.4. The van der Waals surface area contributed by atoms with E-state index < -0.39 is 74.2 Å². The predicted octanol–water partition coefficient (Wildman–Crippen LogP) is 3.15. The van der Waals surface area contributed by atoms with E-state index in [4.69, 9.17) is 37.9 Å². The molecule has 0 aliphatic carbocycles. The highest BCUT2D eigenvalue weighted by Gasteiger charge is 2.54. The minimum atomic E-state index is -1.34. The summed E-state index contributed by atoms with van der Waals surface area (Å²) in [5, 5.41) is 4.69. The number of amides is 2. The monoisotopic (exact) mass is 664 g/mol. The maximum Gasteiger partial charge on any atom is 0.407 e. The molecular weight excluding hydrogens is 628 g/mol. The summed E-state index contributed by atoms with van der Waals surface area (Å²) >= 11 is 0. The van der Waals surface area contributed by atoms with Gasteiger partial charge in [-0.25, -0.2) is 9.59 Å². The summed E-state index contributed by atoms with van der Waals surface area (Å²) in [6.07, 6.45) is -8.10. The average molecular weight is 665 g/mol. The standard InChI is InChI=1S/C34H36N2O12/c1-41-32-30(47-27(38)18-36-34(40)44-20-23-13-7-3-8-14-23)29(28-25(45-32)21-42-31(48-28)24-15-9-4-10-16-24)46-26(37)17-35-33(39)43-19-22-11-5-2-6-12-22/h2-16,25,28-32H,17-21H2,1H3,(H,35,39)(H,36,40)/t25-,28-,29+,30-,31-,32+/m0/s1. The molecule has 5 rings (SSSR count). The van der Waals surface area contributed by atoms with Crippen LogP contribution in [0.5, 0.6) is 0 Å². The van der Waals surface area contributed by atoms with Gasteiger partial charge in [-0.2, -0.15) is 0 Å². The Morgan fingerprint density at radius 3 is 1.71 bits per heavy atom. The van der Waals surface area contributed by atoms with E-state index in [2.05, 4.69) is 10.6 Å². The lowest BCUT2D eigenvalue weighted by Crippen LogP contribution is -2.64. The second kappa shape index (κ2) is 17.2. The largest absolute Gasteiger partial charge is 0.454 e. The van der Waals surface area contributed by atoms with Gasteiger partial charge in [0.2, 0.25) is 0 Å². The Morgan fingerprint density at radius 1 is 0.688 bits per heavy atom. The number of hydrogen-bond acceptors (Lipinski definition) is 12.